The standard InChI is InChI=1S/C26H41N3O7S/c1-15(2)20(29(7)25(33)36-26(4,5)6)13-21(35-16(3)30)23-28-19(14-37-23)22(31)27-18-11-9-17(10-12-18)24(32)34-8/h14-15,17-18,20-21H,9-13H2,1-8H3,(H,27,31)/t17?,18?,20-,21+/m0/s1. The zero-order valence-corrected chi connectivity index (χ0v) is 24.0. The van der Waals surface area contributed by atoms with Gasteiger partial charge in [-0.05, 0) is 52.4 Å². The fourth-order valence-corrected chi connectivity index (χ4v) is 5.24. The summed E-state index contributed by atoms with van der Waals surface area (Å²) in [5.74, 6) is -1.07. The van der Waals surface area contributed by atoms with E-state index >= 15 is 0 Å². The van der Waals surface area contributed by atoms with Crippen LogP contribution in [0.3, 0.4) is 0 Å². The smallest absolute Gasteiger partial charge is 0.410 e. The number of nitrogens with one attached hydrogen (secondary N) is 1. The summed E-state index contributed by atoms with van der Waals surface area (Å²) >= 11 is 1.24. The third-order valence-corrected chi connectivity index (χ3v) is 7.28. The lowest BCUT2D eigenvalue weighted by Gasteiger charge is -2.34. The number of aromatic nitrogens is 1. The molecule has 1 aliphatic rings. The van der Waals surface area contributed by atoms with Gasteiger partial charge in [0, 0.05) is 37.9 Å². The number of esters is 2. The second kappa shape index (κ2) is 13.2. The van der Waals surface area contributed by atoms with Gasteiger partial charge in [0.15, 0.2) is 6.10 Å². The average Bonchev–Trinajstić information content (AvgIpc) is 3.30. The highest BCUT2D eigenvalue weighted by atomic mass is 32.1. The van der Waals surface area contributed by atoms with E-state index in [0.29, 0.717) is 37.1 Å². The Morgan fingerprint density at radius 1 is 1.16 bits per heavy atom. The van der Waals surface area contributed by atoms with Crippen LogP contribution in [0.2, 0.25) is 0 Å². The summed E-state index contributed by atoms with van der Waals surface area (Å²) in [6, 6.07) is -0.346. The SMILES string of the molecule is COC(=O)C1CCC(NC(=O)c2csc([C@@H](C[C@@H](C(C)C)N(C)C(=O)OC(C)(C)C)OC(C)=O)n2)CC1. The number of rotatable bonds is 9. The number of carbonyl (C=O) groups is 4. The van der Waals surface area contributed by atoms with Crippen molar-refractivity contribution < 1.29 is 33.4 Å². The third kappa shape index (κ3) is 9.28. The molecule has 1 saturated carbocycles. The first kappa shape index (κ1) is 30.5. The van der Waals surface area contributed by atoms with Gasteiger partial charge in [-0.25, -0.2) is 9.78 Å². The number of methoxy groups -OCH3 is 1. The second-order valence-corrected chi connectivity index (χ2v) is 11.7. The number of ether oxygens (including phenoxy) is 3. The molecule has 0 bridgehead atoms. The molecular weight excluding hydrogens is 498 g/mol. The van der Waals surface area contributed by atoms with Gasteiger partial charge in [-0.15, -0.1) is 11.3 Å². The zero-order valence-electron chi connectivity index (χ0n) is 23.2. The van der Waals surface area contributed by atoms with E-state index in [9.17, 15) is 19.2 Å². The minimum atomic E-state index is -0.725. The van der Waals surface area contributed by atoms with E-state index in [1.54, 1.807) is 33.2 Å². The number of amides is 2. The molecule has 2 rings (SSSR count). The first-order chi connectivity index (χ1) is 17.2. The first-order valence-corrected chi connectivity index (χ1v) is 13.6. The van der Waals surface area contributed by atoms with E-state index in [1.165, 1.54) is 30.3 Å². The summed E-state index contributed by atoms with van der Waals surface area (Å²) < 4.78 is 15.9. The van der Waals surface area contributed by atoms with E-state index in [1.807, 2.05) is 13.8 Å². The number of carbonyl (C=O) groups excluding carboxylic acids is 4. The van der Waals surface area contributed by atoms with E-state index in [2.05, 4.69) is 10.3 Å². The van der Waals surface area contributed by atoms with E-state index < -0.39 is 23.8 Å². The lowest BCUT2D eigenvalue weighted by atomic mass is 9.86. The molecule has 11 heteroatoms. The highest BCUT2D eigenvalue weighted by molar-refractivity contribution is 7.09. The average molecular weight is 540 g/mol. The Morgan fingerprint density at radius 2 is 1.78 bits per heavy atom. The van der Waals surface area contributed by atoms with Gasteiger partial charge in [0.2, 0.25) is 0 Å². The van der Waals surface area contributed by atoms with Gasteiger partial charge < -0.3 is 24.4 Å². The molecule has 1 aliphatic carbocycles. The maximum atomic E-state index is 12.9. The van der Waals surface area contributed by atoms with Crippen molar-refractivity contribution in [1.29, 1.82) is 0 Å². The molecule has 2 atom stereocenters. The highest BCUT2D eigenvalue weighted by Crippen LogP contribution is 2.31. The molecule has 1 heterocycles. The molecule has 0 spiro atoms. The molecule has 2 amide bonds. The molecule has 0 radical (unpaired) electrons. The van der Waals surface area contributed by atoms with E-state index in [0.717, 1.165) is 0 Å². The third-order valence-electron chi connectivity index (χ3n) is 6.34. The lowest BCUT2D eigenvalue weighted by molar-refractivity contribution is -0.148. The molecule has 1 N–H and O–H groups in total. The van der Waals surface area contributed by atoms with Crippen molar-refractivity contribution >= 4 is 35.3 Å². The molecule has 37 heavy (non-hydrogen) atoms. The largest absolute Gasteiger partial charge is 0.469 e. The lowest BCUT2D eigenvalue weighted by Crippen LogP contribution is -2.44. The Hall–Kier alpha value is -2.69. The maximum Gasteiger partial charge on any atom is 0.410 e. The number of thiazole rings is 1. The minimum absolute atomic E-state index is 0.0402. The Labute approximate surface area is 223 Å². The van der Waals surface area contributed by atoms with Crippen molar-refractivity contribution in [1.82, 2.24) is 15.2 Å². The number of hydrogen-bond acceptors (Lipinski definition) is 9. The van der Waals surface area contributed by atoms with Crippen molar-refractivity contribution in [2.45, 2.75) is 97.4 Å². The summed E-state index contributed by atoms with van der Waals surface area (Å²) in [5, 5.41) is 5.12. The van der Waals surface area contributed by atoms with Gasteiger partial charge in [-0.3, -0.25) is 14.4 Å². The van der Waals surface area contributed by atoms with Crippen molar-refractivity contribution in [3.05, 3.63) is 16.1 Å². The first-order valence-electron chi connectivity index (χ1n) is 12.7. The quantitative estimate of drug-likeness (QED) is 0.360. The van der Waals surface area contributed by atoms with Gasteiger partial charge in [0.25, 0.3) is 5.91 Å². The van der Waals surface area contributed by atoms with Gasteiger partial charge >= 0.3 is 18.0 Å². The molecular formula is C26H41N3O7S. The van der Waals surface area contributed by atoms with Gasteiger partial charge in [0.1, 0.15) is 16.3 Å². The van der Waals surface area contributed by atoms with E-state index in [-0.39, 0.29) is 41.5 Å². The van der Waals surface area contributed by atoms with Crippen molar-refractivity contribution in [3.63, 3.8) is 0 Å². The van der Waals surface area contributed by atoms with Crippen molar-refractivity contribution in [2.24, 2.45) is 11.8 Å². The van der Waals surface area contributed by atoms with Gasteiger partial charge in [-0.2, -0.15) is 0 Å². The van der Waals surface area contributed by atoms with Gasteiger partial charge in [0.05, 0.1) is 13.0 Å². The predicted molar refractivity (Wildman–Crippen MR) is 139 cm³/mol. The maximum absolute atomic E-state index is 12.9. The van der Waals surface area contributed by atoms with Crippen LogP contribution >= 0.6 is 11.3 Å². The Kier molecular flexibility index (Phi) is 10.9. The molecule has 10 nitrogen and oxygen atoms in total. The van der Waals surface area contributed by atoms with Crippen LogP contribution in [0.5, 0.6) is 0 Å². The molecule has 1 aromatic rings. The predicted octanol–water partition coefficient (Wildman–Crippen LogP) is 4.49. The number of hydrogen-bond donors (Lipinski definition) is 1. The molecule has 208 valence electrons. The second-order valence-electron chi connectivity index (χ2n) is 10.9. The monoisotopic (exact) mass is 539 g/mol. The van der Waals surface area contributed by atoms with E-state index in [4.69, 9.17) is 14.2 Å². The molecule has 1 fully saturated rings. The molecule has 0 aliphatic heterocycles. The van der Waals surface area contributed by atoms with Gasteiger partial charge in [-0.1, -0.05) is 13.8 Å². The normalized spacial score (nSPS) is 19.5. The van der Waals surface area contributed by atoms with Crippen LogP contribution in [-0.2, 0) is 23.8 Å². The highest BCUT2D eigenvalue weighted by Gasteiger charge is 2.33. The fraction of sp³-hybridized carbons (Fsp3) is 0.731. The molecule has 0 unspecified atom stereocenters. The molecule has 0 aromatic carbocycles. The molecule has 0 saturated heterocycles. The van der Waals surface area contributed by atoms with Crippen LogP contribution < -0.4 is 5.32 Å². The summed E-state index contributed by atoms with van der Waals surface area (Å²) in [7, 11) is 3.05. The topological polar surface area (TPSA) is 124 Å². The summed E-state index contributed by atoms with van der Waals surface area (Å²) in [4.78, 5) is 55.2. The Bertz CT molecular complexity index is 948. The van der Waals surface area contributed by atoms with Crippen LogP contribution in [0.4, 0.5) is 4.79 Å². The zero-order chi connectivity index (χ0) is 27.9. The van der Waals surface area contributed by atoms with Crippen LogP contribution in [0.1, 0.15) is 95.2 Å². The van der Waals surface area contributed by atoms with Crippen LogP contribution in [0.25, 0.3) is 0 Å². The summed E-state index contributed by atoms with van der Waals surface area (Å²) in [6.07, 6.45) is 1.81. The summed E-state index contributed by atoms with van der Waals surface area (Å²) in [6.45, 7) is 10.7. The fourth-order valence-electron chi connectivity index (χ4n) is 4.41. The Morgan fingerprint density at radius 3 is 2.30 bits per heavy atom. The van der Waals surface area contributed by atoms with Crippen LogP contribution in [0, 0.1) is 11.8 Å². The Balaban J connectivity index is 2.11. The number of nitrogens with zero attached hydrogens (tertiary/aromatic N) is 2. The van der Waals surface area contributed by atoms with Crippen LogP contribution in [-0.4, -0.2) is 65.7 Å². The minimum Gasteiger partial charge on any atom is -0.469 e. The molecule has 1 aromatic heterocycles. The van der Waals surface area contributed by atoms with Crippen molar-refractivity contribution in [2.75, 3.05) is 14.2 Å². The summed E-state index contributed by atoms with van der Waals surface area (Å²) in [5.41, 5.74) is -0.396. The van der Waals surface area contributed by atoms with Crippen LogP contribution in [0.15, 0.2) is 5.38 Å². The van der Waals surface area contributed by atoms with Crippen molar-refractivity contribution in [3.8, 4) is 0 Å².